The van der Waals surface area contributed by atoms with E-state index in [0.717, 1.165) is 5.56 Å². The van der Waals surface area contributed by atoms with E-state index in [0.29, 0.717) is 17.7 Å². The SMILES string of the molecule is CCOc1cc(/C=N\NC(=O)c2ccc(C)cc2)cc([N+](=O)[O-])c1OC. The van der Waals surface area contributed by atoms with Gasteiger partial charge in [0.25, 0.3) is 5.91 Å². The highest BCUT2D eigenvalue weighted by atomic mass is 16.6. The Labute approximate surface area is 150 Å². The van der Waals surface area contributed by atoms with E-state index in [2.05, 4.69) is 10.5 Å². The fourth-order valence-electron chi connectivity index (χ4n) is 2.22. The maximum atomic E-state index is 12.0. The minimum Gasteiger partial charge on any atom is -0.490 e. The number of rotatable bonds is 7. The molecule has 0 aromatic heterocycles. The number of benzene rings is 2. The van der Waals surface area contributed by atoms with Gasteiger partial charge in [0.1, 0.15) is 0 Å². The number of aryl methyl sites for hydroxylation is 1. The van der Waals surface area contributed by atoms with E-state index in [-0.39, 0.29) is 23.1 Å². The topological polar surface area (TPSA) is 103 Å². The lowest BCUT2D eigenvalue weighted by Crippen LogP contribution is -2.17. The molecule has 0 radical (unpaired) electrons. The van der Waals surface area contributed by atoms with E-state index in [9.17, 15) is 14.9 Å². The second-order valence-electron chi connectivity index (χ2n) is 5.33. The first-order valence-electron chi connectivity index (χ1n) is 7.85. The number of nitrogens with zero attached hydrogens (tertiary/aromatic N) is 2. The monoisotopic (exact) mass is 357 g/mol. The Morgan fingerprint density at radius 1 is 1.31 bits per heavy atom. The van der Waals surface area contributed by atoms with Gasteiger partial charge in [-0.2, -0.15) is 5.10 Å². The molecule has 0 aliphatic rings. The lowest BCUT2D eigenvalue weighted by molar-refractivity contribution is -0.385. The molecule has 0 aliphatic heterocycles. The number of hydrogen-bond acceptors (Lipinski definition) is 6. The fourth-order valence-corrected chi connectivity index (χ4v) is 2.22. The zero-order valence-electron chi connectivity index (χ0n) is 14.7. The molecular formula is C18H19N3O5. The van der Waals surface area contributed by atoms with E-state index >= 15 is 0 Å². The molecule has 0 bridgehead atoms. The quantitative estimate of drug-likeness (QED) is 0.466. The Balaban J connectivity index is 2.22. The predicted octanol–water partition coefficient (Wildman–Crippen LogP) is 3.07. The molecule has 0 aliphatic carbocycles. The van der Waals surface area contributed by atoms with Crippen LogP contribution in [-0.4, -0.2) is 30.8 Å². The number of carbonyl (C=O) groups excluding carboxylic acids is 1. The second-order valence-corrected chi connectivity index (χ2v) is 5.33. The molecule has 0 saturated heterocycles. The van der Waals surface area contributed by atoms with Gasteiger partial charge in [-0.3, -0.25) is 14.9 Å². The first-order chi connectivity index (χ1) is 12.5. The van der Waals surface area contributed by atoms with Crippen molar-refractivity contribution in [2.24, 2.45) is 5.10 Å². The van der Waals surface area contributed by atoms with Crippen LogP contribution in [0.15, 0.2) is 41.5 Å². The smallest absolute Gasteiger partial charge is 0.315 e. The number of nitro benzene ring substituents is 1. The highest BCUT2D eigenvalue weighted by molar-refractivity contribution is 5.95. The summed E-state index contributed by atoms with van der Waals surface area (Å²) in [5.74, 6) is -0.109. The van der Waals surface area contributed by atoms with Crippen molar-refractivity contribution in [3.05, 3.63) is 63.2 Å². The van der Waals surface area contributed by atoms with Crippen LogP contribution in [0.3, 0.4) is 0 Å². The molecule has 26 heavy (non-hydrogen) atoms. The molecule has 0 spiro atoms. The number of carbonyl (C=O) groups is 1. The molecule has 2 aromatic rings. The molecule has 1 N–H and O–H groups in total. The third-order valence-electron chi connectivity index (χ3n) is 3.45. The van der Waals surface area contributed by atoms with Crippen molar-refractivity contribution in [1.29, 1.82) is 0 Å². The minimum absolute atomic E-state index is 0.0395. The Morgan fingerprint density at radius 2 is 2.00 bits per heavy atom. The highest BCUT2D eigenvalue weighted by Gasteiger charge is 2.21. The second kappa shape index (κ2) is 8.61. The summed E-state index contributed by atoms with van der Waals surface area (Å²) in [6.07, 6.45) is 1.31. The molecule has 0 atom stereocenters. The van der Waals surface area contributed by atoms with Gasteiger partial charge in [-0.15, -0.1) is 0 Å². The molecule has 2 aromatic carbocycles. The van der Waals surface area contributed by atoms with E-state index in [1.807, 2.05) is 19.1 Å². The molecule has 0 fully saturated rings. The van der Waals surface area contributed by atoms with Gasteiger partial charge >= 0.3 is 5.69 Å². The molecule has 0 heterocycles. The average Bonchev–Trinajstić information content (AvgIpc) is 2.62. The van der Waals surface area contributed by atoms with Gasteiger partial charge in [0.15, 0.2) is 5.75 Å². The third kappa shape index (κ3) is 4.56. The van der Waals surface area contributed by atoms with Gasteiger partial charge in [0.05, 0.1) is 24.9 Å². The van der Waals surface area contributed by atoms with Crippen molar-refractivity contribution in [2.75, 3.05) is 13.7 Å². The number of nitrogens with one attached hydrogen (secondary N) is 1. The predicted molar refractivity (Wildman–Crippen MR) is 97.1 cm³/mol. The van der Waals surface area contributed by atoms with E-state index in [1.165, 1.54) is 19.4 Å². The maximum Gasteiger partial charge on any atom is 0.315 e. The van der Waals surface area contributed by atoms with Gasteiger partial charge in [-0.1, -0.05) is 17.7 Å². The fraction of sp³-hybridized carbons (Fsp3) is 0.222. The summed E-state index contributed by atoms with van der Waals surface area (Å²) >= 11 is 0. The van der Waals surface area contributed by atoms with E-state index in [4.69, 9.17) is 9.47 Å². The summed E-state index contributed by atoms with van der Waals surface area (Å²) in [6, 6.07) is 9.86. The number of ether oxygens (including phenoxy) is 2. The van der Waals surface area contributed by atoms with Crippen LogP contribution in [0.5, 0.6) is 11.5 Å². The number of nitro groups is 1. The van der Waals surface area contributed by atoms with Crippen LogP contribution in [0.25, 0.3) is 0 Å². The number of methoxy groups -OCH3 is 1. The number of hydrazone groups is 1. The van der Waals surface area contributed by atoms with Crippen LogP contribution < -0.4 is 14.9 Å². The molecule has 0 unspecified atom stereocenters. The van der Waals surface area contributed by atoms with Crippen molar-refractivity contribution in [1.82, 2.24) is 5.43 Å². The van der Waals surface area contributed by atoms with Crippen LogP contribution in [-0.2, 0) is 0 Å². The summed E-state index contributed by atoms with van der Waals surface area (Å²) in [7, 11) is 1.33. The van der Waals surface area contributed by atoms with Crippen LogP contribution >= 0.6 is 0 Å². The van der Waals surface area contributed by atoms with E-state index in [1.54, 1.807) is 25.1 Å². The summed E-state index contributed by atoms with van der Waals surface area (Å²) in [5.41, 5.74) is 4.03. The Hall–Kier alpha value is -3.42. The highest BCUT2D eigenvalue weighted by Crippen LogP contribution is 2.37. The van der Waals surface area contributed by atoms with Crippen molar-refractivity contribution in [2.45, 2.75) is 13.8 Å². The van der Waals surface area contributed by atoms with Gasteiger partial charge in [0.2, 0.25) is 5.75 Å². The summed E-state index contributed by atoms with van der Waals surface area (Å²) in [6.45, 7) is 4.00. The Morgan fingerprint density at radius 3 is 2.58 bits per heavy atom. The number of hydrogen-bond donors (Lipinski definition) is 1. The molecular weight excluding hydrogens is 338 g/mol. The van der Waals surface area contributed by atoms with Crippen LogP contribution in [0.2, 0.25) is 0 Å². The zero-order valence-corrected chi connectivity index (χ0v) is 14.7. The lowest BCUT2D eigenvalue weighted by atomic mass is 10.1. The van der Waals surface area contributed by atoms with Gasteiger partial charge < -0.3 is 9.47 Å². The largest absolute Gasteiger partial charge is 0.490 e. The van der Waals surface area contributed by atoms with Crippen molar-refractivity contribution < 1.29 is 19.2 Å². The molecule has 8 heteroatoms. The van der Waals surface area contributed by atoms with Gasteiger partial charge in [-0.25, -0.2) is 5.43 Å². The number of amides is 1. The Bertz CT molecular complexity index is 831. The Kier molecular flexibility index (Phi) is 6.26. The normalized spacial score (nSPS) is 10.6. The molecule has 8 nitrogen and oxygen atoms in total. The van der Waals surface area contributed by atoms with Crippen molar-refractivity contribution in [3.8, 4) is 11.5 Å². The first kappa shape index (κ1) is 18.9. The van der Waals surface area contributed by atoms with Gasteiger partial charge in [0, 0.05) is 17.2 Å². The zero-order chi connectivity index (χ0) is 19.1. The van der Waals surface area contributed by atoms with Crippen LogP contribution in [0.1, 0.15) is 28.4 Å². The third-order valence-corrected chi connectivity index (χ3v) is 3.45. The first-order valence-corrected chi connectivity index (χ1v) is 7.85. The standard InChI is InChI=1S/C18H19N3O5/c1-4-26-16-10-13(9-15(21(23)24)17(16)25-3)11-19-20-18(22)14-7-5-12(2)6-8-14/h5-11H,4H2,1-3H3,(H,20,22)/b19-11-. The summed E-state index contributed by atoms with van der Waals surface area (Å²) in [5, 5.41) is 15.1. The van der Waals surface area contributed by atoms with Crippen molar-refractivity contribution >= 4 is 17.8 Å². The molecule has 1 amide bonds. The summed E-state index contributed by atoms with van der Waals surface area (Å²) in [4.78, 5) is 22.7. The van der Waals surface area contributed by atoms with Crippen LogP contribution in [0, 0.1) is 17.0 Å². The van der Waals surface area contributed by atoms with E-state index < -0.39 is 4.92 Å². The van der Waals surface area contributed by atoms with Gasteiger partial charge in [-0.05, 0) is 32.0 Å². The average molecular weight is 357 g/mol. The molecule has 0 saturated carbocycles. The van der Waals surface area contributed by atoms with Crippen LogP contribution in [0.4, 0.5) is 5.69 Å². The summed E-state index contributed by atoms with van der Waals surface area (Å²) < 4.78 is 10.5. The molecule has 2 rings (SSSR count). The maximum absolute atomic E-state index is 12.0. The van der Waals surface area contributed by atoms with Crippen molar-refractivity contribution in [3.63, 3.8) is 0 Å². The lowest BCUT2D eigenvalue weighted by Gasteiger charge is -2.10. The minimum atomic E-state index is -0.566. The molecule has 136 valence electrons.